The average molecular weight is 467 g/mol. The van der Waals surface area contributed by atoms with Crippen molar-refractivity contribution in [2.45, 2.75) is 44.4 Å². The van der Waals surface area contributed by atoms with Crippen molar-refractivity contribution in [1.29, 1.82) is 0 Å². The van der Waals surface area contributed by atoms with Crippen LogP contribution in [0.2, 0.25) is 0 Å². The Morgan fingerprint density at radius 2 is 1.79 bits per heavy atom. The highest BCUT2D eigenvalue weighted by atomic mass is 16.6. The van der Waals surface area contributed by atoms with Gasteiger partial charge in [0.15, 0.2) is 0 Å². The Labute approximate surface area is 196 Å². The molecule has 11 heteroatoms. The van der Waals surface area contributed by atoms with E-state index in [9.17, 15) is 14.4 Å². The zero-order chi connectivity index (χ0) is 25.3. The van der Waals surface area contributed by atoms with E-state index in [1.54, 1.807) is 45.0 Å². The highest BCUT2D eigenvalue weighted by Gasteiger charge is 2.46. The first-order valence-corrected chi connectivity index (χ1v) is 10.5. The zero-order valence-electron chi connectivity index (χ0n) is 19.2. The van der Waals surface area contributed by atoms with Gasteiger partial charge in [0.25, 0.3) is 11.1 Å². The fraction of sp³-hybridized carbons (Fsp3) is 0.304. The molecule has 3 aromatic rings. The summed E-state index contributed by atoms with van der Waals surface area (Å²) in [4.78, 5) is 47.4. The molecule has 0 fully saturated rings. The summed E-state index contributed by atoms with van der Waals surface area (Å²) in [6, 6.07) is 7.02. The third-order valence-electron chi connectivity index (χ3n) is 5.18. The quantitative estimate of drug-likeness (QED) is 0.385. The van der Waals surface area contributed by atoms with Crippen LogP contribution in [-0.4, -0.2) is 36.6 Å². The minimum atomic E-state index is -1.67. The Balaban J connectivity index is 2.16. The van der Waals surface area contributed by atoms with Crippen molar-refractivity contribution in [3.8, 4) is 11.1 Å². The number of hydrogen-bond acceptors (Lipinski definition) is 9. The van der Waals surface area contributed by atoms with Gasteiger partial charge in [0.1, 0.15) is 11.1 Å². The fourth-order valence-corrected chi connectivity index (χ4v) is 3.54. The number of aromatic nitrogens is 4. The Morgan fingerprint density at radius 1 is 1.15 bits per heavy atom. The number of rotatable bonds is 6. The highest BCUT2D eigenvalue weighted by Crippen LogP contribution is 2.35. The lowest BCUT2D eigenvalue weighted by Crippen LogP contribution is -2.57. The molecule has 0 amide bonds. The van der Waals surface area contributed by atoms with E-state index in [2.05, 4.69) is 21.9 Å². The van der Waals surface area contributed by atoms with Gasteiger partial charge in [0.05, 0.1) is 11.6 Å². The van der Waals surface area contributed by atoms with Crippen LogP contribution in [0.4, 0.5) is 11.9 Å². The second-order valence-electron chi connectivity index (χ2n) is 8.85. The third-order valence-corrected chi connectivity index (χ3v) is 5.18. The lowest BCUT2D eigenvalue weighted by atomic mass is 9.82. The normalized spacial score (nSPS) is 14.3. The van der Waals surface area contributed by atoms with Crippen LogP contribution in [0.5, 0.6) is 0 Å². The molecule has 1 aromatic carbocycles. The molecule has 0 saturated heterocycles. The topological polar surface area (TPSA) is 185 Å². The molecule has 34 heavy (non-hydrogen) atoms. The Morgan fingerprint density at radius 3 is 2.32 bits per heavy atom. The van der Waals surface area contributed by atoms with Gasteiger partial charge < -0.3 is 31.5 Å². The highest BCUT2D eigenvalue weighted by molar-refractivity contribution is 5.83. The van der Waals surface area contributed by atoms with E-state index in [0.717, 1.165) is 0 Å². The molecule has 1 radical (unpaired) electrons. The van der Waals surface area contributed by atoms with Gasteiger partial charge in [-0.2, -0.15) is 9.97 Å². The number of hydrogen-bond donors (Lipinski definition) is 4. The molecule has 3 rings (SSSR count). The van der Waals surface area contributed by atoms with E-state index in [1.807, 2.05) is 0 Å². The number of carbonyl (C=O) groups is 1. The molecule has 0 saturated carbocycles. The predicted molar refractivity (Wildman–Crippen MR) is 128 cm³/mol. The van der Waals surface area contributed by atoms with Crippen molar-refractivity contribution in [2.75, 3.05) is 11.5 Å². The number of carbonyl (C=O) groups excluding carboxylic acids is 1. The number of H-pyrrole nitrogens is 1. The number of nitrogens with one attached hydrogen (secondary N) is 1. The Bertz CT molecular complexity index is 1310. The summed E-state index contributed by atoms with van der Waals surface area (Å²) in [6.45, 7) is 9.07. The number of nitrogens with zero attached hydrogens (tertiary/aromatic N) is 3. The van der Waals surface area contributed by atoms with Gasteiger partial charge in [0.2, 0.25) is 11.9 Å². The van der Waals surface area contributed by atoms with E-state index in [4.69, 9.17) is 21.9 Å². The summed E-state index contributed by atoms with van der Waals surface area (Å²) in [7, 11) is 0. The molecule has 0 spiro atoms. The minimum absolute atomic E-state index is 0.00681. The first-order valence-electron chi connectivity index (χ1n) is 10.5. The van der Waals surface area contributed by atoms with Crippen LogP contribution in [0.1, 0.15) is 38.8 Å². The van der Waals surface area contributed by atoms with Gasteiger partial charge in [0, 0.05) is 18.5 Å². The third kappa shape index (κ3) is 4.99. The van der Waals surface area contributed by atoms with Crippen molar-refractivity contribution in [3.63, 3.8) is 0 Å². The van der Waals surface area contributed by atoms with Crippen LogP contribution in [0.15, 0.2) is 52.3 Å². The van der Waals surface area contributed by atoms with Crippen LogP contribution in [0, 0.1) is 6.92 Å². The summed E-state index contributed by atoms with van der Waals surface area (Å²) >= 11 is 0. The molecule has 2 unspecified atom stereocenters. The van der Waals surface area contributed by atoms with Gasteiger partial charge in [-0.1, -0.05) is 31.2 Å². The summed E-state index contributed by atoms with van der Waals surface area (Å²) in [5, 5.41) is 0. The largest absolute Gasteiger partial charge is 0.459 e. The molecule has 2 atom stereocenters. The summed E-state index contributed by atoms with van der Waals surface area (Å²) < 4.78 is 7.03. The van der Waals surface area contributed by atoms with Gasteiger partial charge in [-0.3, -0.25) is 9.59 Å². The first kappa shape index (κ1) is 24.6. The molecule has 2 aromatic heterocycles. The molecule has 0 bridgehead atoms. The van der Waals surface area contributed by atoms with Crippen LogP contribution >= 0.6 is 0 Å². The van der Waals surface area contributed by atoms with Gasteiger partial charge in [-0.15, -0.1) is 0 Å². The number of nitrogen functional groups attached to an aromatic ring is 2. The fourth-order valence-electron chi connectivity index (χ4n) is 3.54. The Hall–Kier alpha value is -3.99. The second kappa shape index (κ2) is 9.10. The van der Waals surface area contributed by atoms with Crippen molar-refractivity contribution >= 4 is 17.9 Å². The van der Waals surface area contributed by atoms with Crippen molar-refractivity contribution in [1.82, 2.24) is 19.5 Å². The van der Waals surface area contributed by atoms with E-state index in [-0.39, 0.29) is 18.3 Å². The summed E-state index contributed by atoms with van der Waals surface area (Å²) in [5.74, 6) is -0.818. The summed E-state index contributed by atoms with van der Waals surface area (Å²) in [6.07, 6.45) is 2.83. The number of aromatic amines is 1. The molecule has 0 aliphatic rings. The molecule has 0 aliphatic carbocycles. The number of anilines is 2. The number of ether oxygens (including phenoxy) is 1. The lowest BCUT2D eigenvalue weighted by Gasteiger charge is -2.38. The van der Waals surface area contributed by atoms with E-state index in [0.29, 0.717) is 16.7 Å². The number of benzene rings is 1. The molecule has 179 valence electrons. The Kier molecular flexibility index (Phi) is 6.60. The first-order chi connectivity index (χ1) is 15.9. The van der Waals surface area contributed by atoms with Crippen molar-refractivity contribution in [3.05, 3.63) is 75.9 Å². The van der Waals surface area contributed by atoms with Gasteiger partial charge in [-0.25, -0.2) is 4.79 Å². The summed E-state index contributed by atoms with van der Waals surface area (Å²) in [5.41, 5.74) is 16.2. The molecule has 7 N–H and O–H groups in total. The maximum Gasteiger partial charge on any atom is 0.329 e. The number of nitrogens with two attached hydrogens (primary N) is 3. The average Bonchev–Trinajstić information content (AvgIpc) is 2.74. The molecule has 0 aliphatic heterocycles. The lowest BCUT2D eigenvalue weighted by molar-refractivity contribution is -0.163. The van der Waals surface area contributed by atoms with Crippen LogP contribution in [-0.2, 0) is 9.53 Å². The predicted octanol–water partition coefficient (Wildman–Crippen LogP) is 1.01. The zero-order valence-corrected chi connectivity index (χ0v) is 19.2. The van der Waals surface area contributed by atoms with Crippen molar-refractivity contribution < 1.29 is 9.53 Å². The van der Waals surface area contributed by atoms with E-state index < -0.39 is 34.3 Å². The molecule has 2 heterocycles. The van der Waals surface area contributed by atoms with E-state index >= 15 is 0 Å². The smallest absolute Gasteiger partial charge is 0.329 e. The van der Waals surface area contributed by atoms with Crippen molar-refractivity contribution in [2.24, 2.45) is 5.73 Å². The standard InChI is InChI=1S/C23H28N7O4/c1-5-23(26,19(33)34-22(2,3)4)17(30-11-10-16(31)28-21(30)25)14-8-6-13(7-9-14)15-12-27-20(24)29-18(15)32/h6-12,17H,1,5,26H2,2-4H3,(H2,25,28,31)(H3,24,27,29,32). The van der Waals surface area contributed by atoms with Gasteiger partial charge in [-0.05, 0) is 38.3 Å². The second-order valence-corrected chi connectivity index (χ2v) is 8.85. The minimum Gasteiger partial charge on any atom is -0.459 e. The maximum atomic E-state index is 13.3. The molecular weight excluding hydrogens is 438 g/mol. The SMILES string of the molecule is [CH2]CC(N)(C(=O)OC(C)(C)C)C(c1ccc(-c2c[nH]c(N)nc2=O)cc1)n1ccc(=O)nc1N. The number of esters is 1. The molecule has 11 nitrogen and oxygen atoms in total. The van der Waals surface area contributed by atoms with E-state index in [1.165, 1.54) is 23.0 Å². The monoisotopic (exact) mass is 466 g/mol. The van der Waals surface area contributed by atoms with Crippen LogP contribution in [0.3, 0.4) is 0 Å². The molecular formula is C23H28N7O4. The van der Waals surface area contributed by atoms with Crippen LogP contribution < -0.4 is 28.3 Å². The van der Waals surface area contributed by atoms with Gasteiger partial charge >= 0.3 is 5.97 Å². The van der Waals surface area contributed by atoms with Crippen LogP contribution in [0.25, 0.3) is 11.1 Å². The maximum absolute atomic E-state index is 13.3.